The Labute approximate surface area is 188 Å². The van der Waals surface area contributed by atoms with Crippen molar-refractivity contribution in [1.29, 1.82) is 0 Å². The molecule has 1 heterocycles. The summed E-state index contributed by atoms with van der Waals surface area (Å²) >= 11 is 0. The number of nitrogens with one attached hydrogen (secondary N) is 1. The minimum Gasteiger partial charge on any atom is -0.465 e. The molecule has 1 fully saturated rings. The summed E-state index contributed by atoms with van der Waals surface area (Å²) in [7, 11) is -7.43. The molecule has 1 aliphatic heterocycles. The Balaban J connectivity index is 2.55. The summed E-state index contributed by atoms with van der Waals surface area (Å²) in [6.07, 6.45) is -0.411. The lowest BCUT2D eigenvalue weighted by Crippen LogP contribution is -2.50. The molecule has 0 saturated carbocycles. The van der Waals surface area contributed by atoms with Crippen LogP contribution in [0.5, 0.6) is 0 Å². The van der Waals surface area contributed by atoms with E-state index in [0.29, 0.717) is 0 Å². The van der Waals surface area contributed by atoms with E-state index in [2.05, 4.69) is 5.32 Å². The minimum absolute atomic E-state index is 0.109. The largest absolute Gasteiger partial charge is 0.478 e. The van der Waals surface area contributed by atoms with Crippen molar-refractivity contribution >= 4 is 35.5 Å². The molecule has 2 atom stereocenters. The van der Waals surface area contributed by atoms with Crippen molar-refractivity contribution in [3.05, 3.63) is 0 Å². The van der Waals surface area contributed by atoms with Gasteiger partial charge in [-0.15, -0.1) is 0 Å². The number of rotatable bonds is 10. The van der Waals surface area contributed by atoms with Crippen LogP contribution in [0.1, 0.15) is 41.0 Å². The van der Waals surface area contributed by atoms with E-state index in [1.807, 2.05) is 0 Å². The molecule has 32 heavy (non-hydrogen) atoms. The summed E-state index contributed by atoms with van der Waals surface area (Å²) in [6.45, 7) is 7.01. The maximum Gasteiger partial charge on any atom is 0.478 e. The second kappa shape index (κ2) is 11.1. The molecule has 14 heteroatoms. The highest BCUT2D eigenvalue weighted by molar-refractivity contribution is 7.90. The maximum atomic E-state index is 12.7. The number of carbonyl (C=O) groups is 3. The average molecular weight is 501 g/mol. The Morgan fingerprint density at radius 2 is 1.81 bits per heavy atom. The van der Waals surface area contributed by atoms with Crippen LogP contribution in [0.15, 0.2) is 0 Å². The molecule has 12 nitrogen and oxygen atoms in total. The summed E-state index contributed by atoms with van der Waals surface area (Å²) in [5.41, 5.74) is -1.66. The van der Waals surface area contributed by atoms with Gasteiger partial charge >= 0.3 is 19.8 Å². The van der Waals surface area contributed by atoms with E-state index in [1.54, 1.807) is 34.6 Å². The van der Waals surface area contributed by atoms with Crippen molar-refractivity contribution in [2.75, 3.05) is 38.6 Å². The molecule has 1 saturated heterocycles. The first-order valence-corrected chi connectivity index (χ1v) is 13.3. The van der Waals surface area contributed by atoms with Crippen molar-refractivity contribution < 1.29 is 50.4 Å². The van der Waals surface area contributed by atoms with Crippen LogP contribution in [0.2, 0.25) is 0 Å². The third-order valence-electron chi connectivity index (χ3n) is 4.14. The van der Waals surface area contributed by atoms with Crippen LogP contribution < -0.4 is 5.32 Å². The first-order valence-electron chi connectivity index (χ1n) is 9.81. The molecule has 186 valence electrons. The van der Waals surface area contributed by atoms with Gasteiger partial charge in [0.1, 0.15) is 6.61 Å². The van der Waals surface area contributed by atoms with Gasteiger partial charge in [0.05, 0.1) is 24.2 Å². The standard InChI is InChI=1S/C18H32NO11PS/c1-17(2,3)16(22)27-12-29-31(23)28-11-18(4,5)14(30-31)15(21)19-8-7-13(20)26-9-10-32(6,24)25/h14H,7-12H2,1-6H3,(H,19,21)/t14-,31+/m0/s1. The molecule has 0 aromatic heterocycles. The number of phosphoric acid groups is 1. The Bertz CT molecular complexity index is 847. The summed E-state index contributed by atoms with van der Waals surface area (Å²) in [6, 6.07) is 0. The summed E-state index contributed by atoms with van der Waals surface area (Å²) in [5.74, 6) is -2.22. The van der Waals surface area contributed by atoms with Gasteiger partial charge in [0, 0.05) is 18.2 Å². The molecule has 0 bridgehead atoms. The van der Waals surface area contributed by atoms with E-state index in [1.165, 1.54) is 0 Å². The number of hydrogen-bond acceptors (Lipinski definition) is 11. The van der Waals surface area contributed by atoms with E-state index in [9.17, 15) is 27.4 Å². The molecular formula is C18H32NO11PS. The van der Waals surface area contributed by atoms with E-state index in [4.69, 9.17) is 23.0 Å². The monoisotopic (exact) mass is 501 g/mol. The van der Waals surface area contributed by atoms with Crippen molar-refractivity contribution in [3.8, 4) is 0 Å². The fraction of sp³-hybridized carbons (Fsp3) is 0.833. The quantitative estimate of drug-likeness (QED) is 0.260. The van der Waals surface area contributed by atoms with Gasteiger partial charge in [-0.05, 0) is 20.8 Å². The van der Waals surface area contributed by atoms with Crippen molar-refractivity contribution in [2.45, 2.75) is 47.1 Å². The van der Waals surface area contributed by atoms with Crippen molar-refractivity contribution in [3.63, 3.8) is 0 Å². The molecular weight excluding hydrogens is 469 g/mol. The topological polar surface area (TPSA) is 161 Å². The molecule has 0 radical (unpaired) electrons. The normalized spacial score (nSPS) is 23.2. The smallest absolute Gasteiger partial charge is 0.465 e. The maximum absolute atomic E-state index is 12.7. The number of amides is 1. The van der Waals surface area contributed by atoms with Crippen molar-refractivity contribution in [2.24, 2.45) is 10.8 Å². The molecule has 0 aliphatic carbocycles. The Morgan fingerprint density at radius 3 is 2.38 bits per heavy atom. The number of esters is 2. The molecule has 1 aliphatic rings. The van der Waals surface area contributed by atoms with Gasteiger partial charge in [0.15, 0.2) is 15.9 Å². The average Bonchev–Trinajstić information content (AvgIpc) is 2.62. The first kappa shape index (κ1) is 28.5. The lowest BCUT2D eigenvalue weighted by molar-refractivity contribution is -0.163. The van der Waals surface area contributed by atoms with Gasteiger partial charge in [0.2, 0.25) is 12.7 Å². The van der Waals surface area contributed by atoms with Crippen LogP contribution in [-0.4, -0.2) is 70.9 Å². The number of sulfone groups is 1. The highest BCUT2D eigenvalue weighted by atomic mass is 32.2. The van der Waals surface area contributed by atoms with E-state index in [-0.39, 0.29) is 31.9 Å². The second-order valence-corrected chi connectivity index (χ2v) is 12.9. The number of carbonyl (C=O) groups excluding carboxylic acids is 3. The fourth-order valence-electron chi connectivity index (χ4n) is 2.21. The SMILES string of the molecule is CC(C)(C)C(=O)OCO[P@@]1(=O)OCC(C)(C)[C@H](C(=O)NCCC(=O)OCCS(C)(=O)=O)O1. The lowest BCUT2D eigenvalue weighted by Gasteiger charge is -2.39. The molecule has 0 unspecified atom stereocenters. The highest BCUT2D eigenvalue weighted by Gasteiger charge is 2.49. The third-order valence-corrected chi connectivity index (χ3v) is 6.38. The van der Waals surface area contributed by atoms with E-state index in [0.717, 1.165) is 6.26 Å². The molecule has 1 rings (SSSR count). The molecule has 0 aromatic carbocycles. The van der Waals surface area contributed by atoms with Gasteiger partial charge in [-0.2, -0.15) is 0 Å². The van der Waals surface area contributed by atoms with Crippen LogP contribution in [0.3, 0.4) is 0 Å². The van der Waals surface area contributed by atoms with Gasteiger partial charge in [-0.1, -0.05) is 13.8 Å². The molecule has 0 aromatic rings. The van der Waals surface area contributed by atoms with Crippen LogP contribution in [0.4, 0.5) is 0 Å². The van der Waals surface area contributed by atoms with E-state index >= 15 is 0 Å². The van der Waals surface area contributed by atoms with Gasteiger partial charge in [-0.25, -0.2) is 17.5 Å². The van der Waals surface area contributed by atoms with Gasteiger partial charge < -0.3 is 14.8 Å². The predicted octanol–water partition coefficient (Wildman–Crippen LogP) is 1.19. The Morgan fingerprint density at radius 1 is 1.19 bits per heavy atom. The second-order valence-electron chi connectivity index (χ2n) is 9.01. The third kappa shape index (κ3) is 9.95. The Kier molecular flexibility index (Phi) is 9.85. The predicted molar refractivity (Wildman–Crippen MR) is 112 cm³/mol. The molecule has 1 N–H and O–H groups in total. The van der Waals surface area contributed by atoms with Crippen LogP contribution in [0.25, 0.3) is 0 Å². The van der Waals surface area contributed by atoms with Gasteiger partial charge in [-0.3, -0.25) is 23.4 Å². The lowest BCUT2D eigenvalue weighted by atomic mass is 9.87. The fourth-order valence-corrected chi connectivity index (χ4v) is 4.11. The zero-order chi connectivity index (χ0) is 24.8. The van der Waals surface area contributed by atoms with Crippen LogP contribution in [-0.2, 0) is 51.8 Å². The van der Waals surface area contributed by atoms with Crippen molar-refractivity contribution in [1.82, 2.24) is 5.32 Å². The number of phosphoric ester groups is 1. The van der Waals surface area contributed by atoms with Crippen LogP contribution >= 0.6 is 7.82 Å². The summed E-state index contributed by atoms with van der Waals surface area (Å²) in [4.78, 5) is 36.0. The van der Waals surface area contributed by atoms with E-state index < -0.39 is 59.2 Å². The summed E-state index contributed by atoms with van der Waals surface area (Å²) in [5, 5.41) is 2.48. The van der Waals surface area contributed by atoms with Crippen LogP contribution in [0, 0.1) is 10.8 Å². The molecule has 0 spiro atoms. The number of ether oxygens (including phenoxy) is 2. The summed E-state index contributed by atoms with van der Waals surface area (Å²) < 4.78 is 59.8. The zero-order valence-electron chi connectivity index (χ0n) is 19.2. The molecule has 1 amide bonds. The highest BCUT2D eigenvalue weighted by Crippen LogP contribution is 2.57. The minimum atomic E-state index is -4.18. The number of hydrogen-bond donors (Lipinski definition) is 1. The Hall–Kier alpha value is -1.53. The zero-order valence-corrected chi connectivity index (χ0v) is 20.9. The first-order chi connectivity index (χ1) is 14.5. The van der Waals surface area contributed by atoms with Gasteiger partial charge in [0.25, 0.3) is 0 Å².